The summed E-state index contributed by atoms with van der Waals surface area (Å²) in [6.07, 6.45) is 1.51. The summed E-state index contributed by atoms with van der Waals surface area (Å²) >= 11 is 6.17. The van der Waals surface area contributed by atoms with Crippen molar-refractivity contribution < 1.29 is 0 Å². The Labute approximate surface area is 127 Å². The van der Waals surface area contributed by atoms with Crippen LogP contribution in [0.3, 0.4) is 0 Å². The highest BCUT2D eigenvalue weighted by atomic mass is 35.5. The van der Waals surface area contributed by atoms with Crippen LogP contribution in [-0.4, -0.2) is 20.6 Å². The second kappa shape index (κ2) is 5.94. The van der Waals surface area contributed by atoms with Gasteiger partial charge in [-0.3, -0.25) is 0 Å². The molecule has 21 heavy (non-hydrogen) atoms. The number of H-pyrrole nitrogens is 1. The van der Waals surface area contributed by atoms with Crippen LogP contribution in [0.4, 0.5) is 5.69 Å². The normalized spacial score (nSPS) is 12.0. The predicted octanol–water partition coefficient (Wildman–Crippen LogP) is 3.13. The van der Waals surface area contributed by atoms with E-state index >= 15 is 0 Å². The van der Waals surface area contributed by atoms with E-state index in [4.69, 9.17) is 16.9 Å². The molecule has 6 nitrogen and oxygen atoms in total. The molecule has 0 saturated heterocycles. The molecule has 7 heteroatoms. The Balaban J connectivity index is 2.29. The fourth-order valence-electron chi connectivity index (χ4n) is 1.68. The molecule has 0 aliphatic heterocycles. The van der Waals surface area contributed by atoms with Crippen molar-refractivity contribution in [2.45, 2.75) is 26.2 Å². The highest BCUT2D eigenvalue weighted by Crippen LogP contribution is 2.30. The summed E-state index contributed by atoms with van der Waals surface area (Å²) < 4.78 is 0. The minimum absolute atomic E-state index is 0.0104. The summed E-state index contributed by atoms with van der Waals surface area (Å²) in [5, 5.41) is 26.0. The number of aromatic amines is 1. The van der Waals surface area contributed by atoms with Crippen LogP contribution in [0.25, 0.3) is 5.57 Å². The summed E-state index contributed by atoms with van der Waals surface area (Å²) in [6, 6.07) is 7.79. The number of tetrazole rings is 1. The highest BCUT2D eigenvalue weighted by molar-refractivity contribution is 6.33. The summed E-state index contributed by atoms with van der Waals surface area (Å²) in [5.74, 6) is 0.230. The Morgan fingerprint density at radius 2 is 2.19 bits per heavy atom. The van der Waals surface area contributed by atoms with Gasteiger partial charge >= 0.3 is 0 Å². The molecule has 108 valence electrons. The van der Waals surface area contributed by atoms with E-state index in [2.05, 4.69) is 46.7 Å². The Hall–Kier alpha value is -2.39. The monoisotopic (exact) mass is 302 g/mol. The van der Waals surface area contributed by atoms with Gasteiger partial charge in [0.15, 0.2) is 0 Å². The lowest BCUT2D eigenvalue weighted by molar-refractivity contribution is 0.590. The molecule has 2 rings (SSSR count). The number of nitrogens with one attached hydrogen (secondary N) is 2. The zero-order valence-corrected chi connectivity index (χ0v) is 12.7. The van der Waals surface area contributed by atoms with E-state index in [1.165, 1.54) is 6.20 Å². The SMILES string of the molecule is CC(C)(C)c1ccc(Cl)c(NC=C(C#N)c2nn[nH]n2)c1. The highest BCUT2D eigenvalue weighted by Gasteiger charge is 2.15. The van der Waals surface area contributed by atoms with Crippen LogP contribution in [0.5, 0.6) is 0 Å². The molecule has 1 aromatic heterocycles. The minimum Gasteiger partial charge on any atom is -0.359 e. The van der Waals surface area contributed by atoms with Crippen LogP contribution in [0.15, 0.2) is 24.4 Å². The number of nitriles is 1. The van der Waals surface area contributed by atoms with E-state index in [1.54, 1.807) is 0 Å². The van der Waals surface area contributed by atoms with Crippen LogP contribution >= 0.6 is 11.6 Å². The lowest BCUT2D eigenvalue weighted by Crippen LogP contribution is -2.11. The van der Waals surface area contributed by atoms with Gasteiger partial charge in [0.1, 0.15) is 11.6 Å². The van der Waals surface area contributed by atoms with Crippen LogP contribution < -0.4 is 5.32 Å². The molecule has 0 spiro atoms. The molecular weight excluding hydrogens is 288 g/mol. The Morgan fingerprint density at radius 1 is 1.43 bits per heavy atom. The van der Waals surface area contributed by atoms with E-state index in [-0.39, 0.29) is 16.8 Å². The lowest BCUT2D eigenvalue weighted by atomic mass is 9.87. The van der Waals surface area contributed by atoms with Gasteiger partial charge in [0.25, 0.3) is 0 Å². The molecule has 0 radical (unpaired) electrons. The molecule has 0 amide bonds. The largest absolute Gasteiger partial charge is 0.359 e. The van der Waals surface area contributed by atoms with Crippen molar-refractivity contribution in [1.82, 2.24) is 20.6 Å². The number of rotatable bonds is 3. The van der Waals surface area contributed by atoms with E-state index in [0.717, 1.165) is 11.3 Å². The maximum absolute atomic E-state index is 9.12. The van der Waals surface area contributed by atoms with Crippen LogP contribution in [0.1, 0.15) is 32.2 Å². The molecule has 2 N–H and O–H groups in total. The predicted molar refractivity (Wildman–Crippen MR) is 81.5 cm³/mol. The van der Waals surface area contributed by atoms with Gasteiger partial charge in [-0.25, -0.2) is 0 Å². The number of allylic oxidation sites excluding steroid dienone is 1. The minimum atomic E-state index is 0.0104. The molecule has 0 atom stereocenters. The van der Waals surface area contributed by atoms with Crippen LogP contribution in [0, 0.1) is 11.3 Å². The maximum atomic E-state index is 9.12. The summed E-state index contributed by atoms with van der Waals surface area (Å²) in [7, 11) is 0. The summed E-state index contributed by atoms with van der Waals surface area (Å²) in [4.78, 5) is 0. The van der Waals surface area contributed by atoms with E-state index < -0.39 is 0 Å². The Morgan fingerprint density at radius 3 is 2.76 bits per heavy atom. The number of hydrogen-bond donors (Lipinski definition) is 2. The van der Waals surface area contributed by atoms with Gasteiger partial charge in [-0.1, -0.05) is 38.4 Å². The Bertz CT molecular complexity index is 691. The van der Waals surface area contributed by atoms with Crippen molar-refractivity contribution in [1.29, 1.82) is 5.26 Å². The van der Waals surface area contributed by atoms with E-state index in [0.29, 0.717) is 5.02 Å². The van der Waals surface area contributed by atoms with Crippen molar-refractivity contribution in [3.05, 3.63) is 40.8 Å². The van der Waals surface area contributed by atoms with Gasteiger partial charge in [0.2, 0.25) is 5.82 Å². The summed E-state index contributed by atoms with van der Waals surface area (Å²) in [6.45, 7) is 6.36. The summed E-state index contributed by atoms with van der Waals surface area (Å²) in [5.41, 5.74) is 2.14. The fourth-order valence-corrected chi connectivity index (χ4v) is 1.85. The van der Waals surface area contributed by atoms with Gasteiger partial charge in [-0.15, -0.1) is 10.2 Å². The van der Waals surface area contributed by atoms with Gasteiger partial charge in [-0.2, -0.15) is 10.5 Å². The quantitative estimate of drug-likeness (QED) is 0.850. The molecule has 0 aliphatic rings. The zero-order valence-electron chi connectivity index (χ0n) is 12.0. The van der Waals surface area contributed by atoms with Crippen molar-refractivity contribution in [2.24, 2.45) is 0 Å². The van der Waals surface area contributed by atoms with Gasteiger partial charge < -0.3 is 5.32 Å². The lowest BCUT2D eigenvalue weighted by Gasteiger charge is -2.20. The van der Waals surface area contributed by atoms with Crippen molar-refractivity contribution in [3.8, 4) is 6.07 Å². The average Bonchev–Trinajstić information content (AvgIpc) is 2.94. The molecular formula is C14H15ClN6. The molecule has 0 unspecified atom stereocenters. The first kappa shape index (κ1) is 15.0. The molecule has 1 heterocycles. The van der Waals surface area contributed by atoms with Gasteiger partial charge in [0, 0.05) is 6.20 Å². The molecule has 0 saturated carbocycles. The molecule has 0 bridgehead atoms. The molecule has 0 fully saturated rings. The first-order chi connectivity index (χ1) is 9.91. The van der Waals surface area contributed by atoms with E-state index in [9.17, 15) is 0 Å². The second-order valence-corrected chi connectivity index (χ2v) is 5.90. The zero-order chi connectivity index (χ0) is 15.5. The number of anilines is 1. The van der Waals surface area contributed by atoms with Crippen molar-refractivity contribution in [3.63, 3.8) is 0 Å². The second-order valence-electron chi connectivity index (χ2n) is 5.49. The third-order valence-electron chi connectivity index (χ3n) is 2.91. The Kier molecular flexibility index (Phi) is 4.24. The molecule has 2 aromatic rings. The topological polar surface area (TPSA) is 90.3 Å². The van der Waals surface area contributed by atoms with Crippen LogP contribution in [-0.2, 0) is 5.41 Å². The van der Waals surface area contributed by atoms with Crippen molar-refractivity contribution >= 4 is 22.9 Å². The third kappa shape index (κ3) is 3.58. The van der Waals surface area contributed by atoms with Crippen molar-refractivity contribution in [2.75, 3.05) is 5.32 Å². The number of halogens is 1. The fraction of sp³-hybridized carbons (Fsp3) is 0.286. The number of hydrogen-bond acceptors (Lipinski definition) is 5. The first-order valence-corrected chi connectivity index (χ1v) is 6.70. The maximum Gasteiger partial charge on any atom is 0.216 e. The number of aromatic nitrogens is 4. The van der Waals surface area contributed by atoms with Crippen LogP contribution in [0.2, 0.25) is 5.02 Å². The number of benzene rings is 1. The average molecular weight is 303 g/mol. The first-order valence-electron chi connectivity index (χ1n) is 6.32. The standard InChI is InChI=1S/C14H15ClN6/c1-14(2,3)10-4-5-11(15)12(6-10)17-8-9(7-16)13-18-20-21-19-13/h4-6,8,17H,1-3H3,(H,18,19,20,21). The number of nitrogens with zero attached hydrogens (tertiary/aromatic N) is 4. The molecule has 1 aromatic carbocycles. The van der Waals surface area contributed by atoms with E-state index in [1.807, 2.05) is 24.3 Å². The third-order valence-corrected chi connectivity index (χ3v) is 3.24. The smallest absolute Gasteiger partial charge is 0.216 e. The molecule has 0 aliphatic carbocycles. The van der Waals surface area contributed by atoms with Gasteiger partial charge in [-0.05, 0) is 28.3 Å². The van der Waals surface area contributed by atoms with Gasteiger partial charge in [0.05, 0.1) is 10.7 Å².